The minimum atomic E-state index is -1.32. The first kappa shape index (κ1) is 27.2. The number of thioether (sulfide) groups is 1. The third-order valence-electron chi connectivity index (χ3n) is 5.78. The van der Waals surface area contributed by atoms with Crippen molar-refractivity contribution in [2.75, 3.05) is 18.3 Å². The van der Waals surface area contributed by atoms with Crippen molar-refractivity contribution in [1.82, 2.24) is 24.0 Å². The molecule has 15 nitrogen and oxygen atoms in total. The highest BCUT2D eigenvalue weighted by Gasteiger charge is 2.54. The number of β-lactam (4-membered cyclic amide) rings is 1. The van der Waals surface area contributed by atoms with Crippen LogP contribution in [0.25, 0.3) is 4.83 Å². The summed E-state index contributed by atoms with van der Waals surface area (Å²) < 4.78 is 19.8. The topological polar surface area (TPSA) is 211 Å². The predicted molar refractivity (Wildman–Crippen MR) is 141 cm³/mol. The van der Waals surface area contributed by atoms with Crippen LogP contribution in [0.5, 0.6) is 0 Å². The van der Waals surface area contributed by atoms with E-state index in [0.717, 1.165) is 21.3 Å². The molecule has 3 aromatic heterocycles. The van der Waals surface area contributed by atoms with Gasteiger partial charge in [0.05, 0.1) is 0 Å². The molecular weight excluding hydrogens is 589 g/mol. The van der Waals surface area contributed by atoms with Crippen molar-refractivity contribution < 1.29 is 38.1 Å². The minimum absolute atomic E-state index is 0.0343. The van der Waals surface area contributed by atoms with Crippen molar-refractivity contribution in [3.8, 4) is 0 Å². The summed E-state index contributed by atoms with van der Waals surface area (Å²) in [4.78, 5) is 59.6. The van der Waals surface area contributed by atoms with Crippen LogP contribution in [0.2, 0.25) is 0 Å². The van der Waals surface area contributed by atoms with Gasteiger partial charge in [-0.3, -0.25) is 19.3 Å². The summed E-state index contributed by atoms with van der Waals surface area (Å²) in [7, 11) is 0. The second-order valence-electron chi connectivity index (χ2n) is 8.21. The van der Waals surface area contributed by atoms with Crippen molar-refractivity contribution in [2.45, 2.75) is 18.0 Å². The van der Waals surface area contributed by atoms with Crippen LogP contribution in [-0.4, -0.2) is 77.2 Å². The number of aromatic nitrogens is 4. The van der Waals surface area contributed by atoms with Crippen LogP contribution >= 0.6 is 34.6 Å². The average Bonchev–Trinajstić information content (AvgIpc) is 3.63. The number of halogens is 1. The summed E-state index contributed by atoms with van der Waals surface area (Å²) in [6.07, 6.45) is 6.87. The van der Waals surface area contributed by atoms with Crippen molar-refractivity contribution in [2.24, 2.45) is 10.9 Å². The van der Waals surface area contributed by atoms with Gasteiger partial charge in [0.25, 0.3) is 30.9 Å². The molecule has 19 heteroatoms. The molecule has 3 amide bonds. The van der Waals surface area contributed by atoms with Crippen LogP contribution < -0.4 is 21.4 Å². The summed E-state index contributed by atoms with van der Waals surface area (Å²) in [5.74, 6) is -3.38. The van der Waals surface area contributed by atoms with Gasteiger partial charge in [0, 0.05) is 22.7 Å². The summed E-state index contributed by atoms with van der Waals surface area (Å²) in [6, 6.07) is -1.08. The van der Waals surface area contributed by atoms with Crippen molar-refractivity contribution in [3.63, 3.8) is 0 Å². The van der Waals surface area contributed by atoms with Gasteiger partial charge >= 0.3 is 5.97 Å². The number of nitrogens with one attached hydrogen (secondary N) is 1. The van der Waals surface area contributed by atoms with Crippen LogP contribution in [0.1, 0.15) is 16.3 Å². The zero-order valence-electron chi connectivity index (χ0n) is 20.1. The molecule has 5 heterocycles. The lowest BCUT2D eigenvalue weighted by molar-refractivity contribution is -0.685. The van der Waals surface area contributed by atoms with Gasteiger partial charge in [0.15, 0.2) is 5.13 Å². The van der Waals surface area contributed by atoms with E-state index in [4.69, 9.17) is 11.5 Å². The number of fused-ring (bicyclic) bond motifs is 2. The van der Waals surface area contributed by atoms with E-state index in [0.29, 0.717) is 17.8 Å². The molecule has 0 aromatic carbocycles. The molecule has 1 saturated heterocycles. The molecule has 2 aliphatic heterocycles. The largest absolute Gasteiger partial charge is 0.477 e. The van der Waals surface area contributed by atoms with Crippen LogP contribution in [-0.2, 0) is 25.8 Å². The Bertz CT molecular complexity index is 1630. The second-order valence-corrected chi connectivity index (χ2v) is 11.0. The maximum absolute atomic E-state index is 13.0. The van der Waals surface area contributed by atoms with Crippen LogP contribution in [0.15, 0.2) is 46.5 Å². The van der Waals surface area contributed by atoms with Crippen molar-refractivity contribution in [1.29, 1.82) is 0 Å². The number of oxime groups is 1. The van der Waals surface area contributed by atoms with E-state index in [1.165, 1.54) is 23.1 Å². The highest BCUT2D eigenvalue weighted by atomic mass is 32.2. The number of amides is 3. The number of allylic oxidation sites excluding steroid dienone is 2. The fourth-order valence-electron chi connectivity index (χ4n) is 4.06. The maximum Gasteiger partial charge on any atom is 0.352 e. The van der Waals surface area contributed by atoms with E-state index in [9.17, 15) is 28.7 Å². The lowest BCUT2D eigenvalue weighted by Gasteiger charge is -2.49. The zero-order chi connectivity index (χ0) is 28.6. The third kappa shape index (κ3) is 5.00. The molecule has 0 bridgehead atoms. The van der Waals surface area contributed by atoms with Crippen molar-refractivity contribution >= 4 is 74.0 Å². The van der Waals surface area contributed by atoms with Gasteiger partial charge in [-0.1, -0.05) is 22.6 Å². The number of rotatable bonds is 10. The quantitative estimate of drug-likeness (QED) is 0.0999. The Balaban J connectivity index is 1.30. The normalized spacial score (nSPS) is 19.2. The number of nitrogen functional groups attached to an aromatic ring is 1. The van der Waals surface area contributed by atoms with E-state index in [1.807, 2.05) is 6.20 Å². The van der Waals surface area contributed by atoms with E-state index >= 15 is 0 Å². The van der Waals surface area contributed by atoms with Crippen LogP contribution in [0.3, 0.4) is 0 Å². The number of carbonyl (C=O) groups is 4. The summed E-state index contributed by atoms with van der Waals surface area (Å²) in [5.41, 5.74) is 11.0. The average molecular weight is 609 g/mol. The lowest BCUT2D eigenvalue weighted by Crippen LogP contribution is -2.71. The predicted octanol–water partition coefficient (Wildman–Crippen LogP) is -0.536. The molecule has 0 saturated carbocycles. The molecule has 40 heavy (non-hydrogen) atoms. The van der Waals surface area contributed by atoms with Gasteiger partial charge in [-0.25, -0.2) is 13.8 Å². The molecule has 3 aromatic rings. The molecule has 2 aliphatic rings. The maximum atomic E-state index is 13.0. The standard InChI is InChI=1S/C21H18FN9O6S3/c22-7-37-27-12(16-26-21(24)40-28-16)17(33)25-13-18(34)31-14(20(35)36)9(5-39-19(13)31)2-1-3-29-4-11-30(8-29)10(6-38-11)15(23)32/h1-2,4,6,8,13,19H,3,5,7H2,(H5-,23,24,25,26,28,32,33,35,36)/p+1/t13-,19-/m1/s1. The van der Waals surface area contributed by atoms with Gasteiger partial charge in [0.1, 0.15) is 29.9 Å². The smallest absolute Gasteiger partial charge is 0.352 e. The molecule has 0 aliphatic carbocycles. The molecule has 6 N–H and O–H groups in total. The zero-order valence-corrected chi connectivity index (χ0v) is 22.5. The Kier molecular flexibility index (Phi) is 7.50. The lowest BCUT2D eigenvalue weighted by atomic mass is 10.0. The number of nitrogens with zero attached hydrogens (tertiary/aromatic N) is 6. The van der Waals surface area contributed by atoms with Crippen molar-refractivity contribution in [3.05, 3.63) is 52.8 Å². The third-order valence-corrected chi connectivity index (χ3v) is 8.51. The molecule has 208 valence electrons. The number of anilines is 1. The van der Waals surface area contributed by atoms with E-state index in [1.54, 1.807) is 32.8 Å². The molecule has 2 atom stereocenters. The number of carboxylic acids is 1. The Labute approximate surface area is 235 Å². The number of nitrogens with two attached hydrogens (primary N) is 2. The molecule has 0 radical (unpaired) electrons. The number of carboxylic acid groups (broad SMARTS) is 1. The highest BCUT2D eigenvalue weighted by molar-refractivity contribution is 8.00. The second kappa shape index (κ2) is 11.0. The SMILES string of the molecule is NC(=O)c1csc2c[n+](CC=CC3=C(C(=O)O)N4C(=O)[C@@H](NC(=O)C(=NOCF)c5nsc(N)n5)[C@H]4SC3)cn12. The number of aliphatic carboxylic acids is 1. The minimum Gasteiger partial charge on any atom is -0.477 e. The number of alkyl halides is 1. The number of hydrogen-bond donors (Lipinski definition) is 4. The fourth-order valence-corrected chi connectivity index (χ4v) is 6.73. The highest BCUT2D eigenvalue weighted by Crippen LogP contribution is 2.40. The molecule has 0 spiro atoms. The summed E-state index contributed by atoms with van der Waals surface area (Å²) >= 11 is 3.40. The van der Waals surface area contributed by atoms with E-state index in [2.05, 4.69) is 24.7 Å². The number of primary amides is 1. The van der Waals surface area contributed by atoms with Gasteiger partial charge in [-0.2, -0.15) is 13.8 Å². The number of carbonyl (C=O) groups excluding carboxylic acids is 3. The van der Waals surface area contributed by atoms with E-state index < -0.39 is 47.7 Å². The molecule has 1 fully saturated rings. The molecule has 0 unspecified atom stereocenters. The fraction of sp³-hybridized carbons (Fsp3) is 0.238. The monoisotopic (exact) mass is 608 g/mol. The van der Waals surface area contributed by atoms with Crippen LogP contribution in [0.4, 0.5) is 9.52 Å². The first-order chi connectivity index (χ1) is 19.2. The van der Waals surface area contributed by atoms with Gasteiger partial charge in [-0.15, -0.1) is 11.8 Å². The molecular formula is C21H19FN9O6S3+. The van der Waals surface area contributed by atoms with Gasteiger partial charge < -0.3 is 26.7 Å². The Hall–Kier alpha value is -4.36. The van der Waals surface area contributed by atoms with Gasteiger partial charge in [0.2, 0.25) is 22.1 Å². The van der Waals surface area contributed by atoms with Crippen LogP contribution in [0, 0.1) is 0 Å². The van der Waals surface area contributed by atoms with E-state index in [-0.39, 0.29) is 22.4 Å². The van der Waals surface area contributed by atoms with Gasteiger partial charge in [-0.05, 0) is 11.6 Å². The number of imidazole rings is 1. The Morgan fingerprint density at radius 2 is 2.20 bits per heavy atom. The number of thiazole rings is 1. The molecule has 5 rings (SSSR count). The summed E-state index contributed by atoms with van der Waals surface area (Å²) in [5, 5.41) is 16.7. The Morgan fingerprint density at radius 3 is 2.88 bits per heavy atom. The Morgan fingerprint density at radius 1 is 1.40 bits per heavy atom. The first-order valence-electron chi connectivity index (χ1n) is 11.2. The first-order valence-corrected chi connectivity index (χ1v) is 13.9. The summed E-state index contributed by atoms with van der Waals surface area (Å²) in [6.45, 7) is -0.952. The number of hydrogen-bond acceptors (Lipinski definition) is 12.